The van der Waals surface area contributed by atoms with Crippen molar-refractivity contribution in [1.82, 2.24) is 0 Å². The van der Waals surface area contributed by atoms with Crippen LogP contribution < -0.4 is 0 Å². The quantitative estimate of drug-likeness (QED) is 0.629. The summed E-state index contributed by atoms with van der Waals surface area (Å²) in [5.74, 6) is 0. The molecule has 0 aliphatic heterocycles. The van der Waals surface area contributed by atoms with Crippen LogP contribution in [0.1, 0.15) is 45.1 Å². The van der Waals surface area contributed by atoms with Crippen molar-refractivity contribution in [3.05, 3.63) is 47.5 Å². The average Bonchev–Trinajstić information content (AvgIpc) is 3.00. The lowest BCUT2D eigenvalue weighted by Gasteiger charge is -2.14. The van der Waals surface area contributed by atoms with Crippen LogP contribution in [0.5, 0.6) is 0 Å². The Balaban J connectivity index is 2.00. The lowest BCUT2D eigenvalue weighted by Crippen LogP contribution is -2.05. The second kappa shape index (κ2) is 4.22. The van der Waals surface area contributed by atoms with Crippen LogP contribution in [-0.4, -0.2) is 0 Å². The number of allylic oxidation sites excluding steroid dienone is 2. The predicted molar refractivity (Wildman–Crippen MR) is 66.0 cm³/mol. The molecule has 0 heteroatoms. The first kappa shape index (κ1) is 10.5. The molecular formula is C15H20. The summed E-state index contributed by atoms with van der Waals surface area (Å²) in [6.45, 7) is 4.37. The van der Waals surface area contributed by atoms with Crippen molar-refractivity contribution < 1.29 is 0 Å². The van der Waals surface area contributed by atoms with Crippen molar-refractivity contribution in [1.29, 1.82) is 0 Å². The third-order valence-electron chi connectivity index (χ3n) is 3.42. The topological polar surface area (TPSA) is 0 Å². The highest BCUT2D eigenvalue weighted by Gasteiger charge is 2.42. The summed E-state index contributed by atoms with van der Waals surface area (Å²) in [6.07, 6.45) is 7.68. The van der Waals surface area contributed by atoms with Gasteiger partial charge in [0.15, 0.2) is 0 Å². The molecule has 15 heavy (non-hydrogen) atoms. The van der Waals surface area contributed by atoms with E-state index in [2.05, 4.69) is 50.3 Å². The van der Waals surface area contributed by atoms with E-state index in [1.165, 1.54) is 31.3 Å². The van der Waals surface area contributed by atoms with E-state index in [9.17, 15) is 0 Å². The van der Waals surface area contributed by atoms with Crippen LogP contribution in [0.25, 0.3) is 0 Å². The molecule has 0 atom stereocenters. The molecule has 0 aromatic heterocycles. The van der Waals surface area contributed by atoms with Crippen molar-refractivity contribution in [2.24, 2.45) is 0 Å². The highest BCUT2D eigenvalue weighted by atomic mass is 14.5. The number of hydrogen-bond acceptors (Lipinski definition) is 0. The summed E-state index contributed by atoms with van der Waals surface area (Å²) >= 11 is 0. The Morgan fingerprint density at radius 3 is 2.40 bits per heavy atom. The van der Waals surface area contributed by atoms with Crippen molar-refractivity contribution in [3.63, 3.8) is 0 Å². The fraction of sp³-hybridized carbons (Fsp3) is 0.467. The second-order valence-corrected chi connectivity index (χ2v) is 4.97. The smallest absolute Gasteiger partial charge is 0.00434 e. The molecule has 1 aliphatic rings. The first-order valence-corrected chi connectivity index (χ1v) is 5.92. The molecule has 0 unspecified atom stereocenters. The van der Waals surface area contributed by atoms with Gasteiger partial charge >= 0.3 is 0 Å². The summed E-state index contributed by atoms with van der Waals surface area (Å²) in [7, 11) is 0. The molecule has 1 aromatic carbocycles. The Morgan fingerprint density at radius 2 is 1.87 bits per heavy atom. The molecule has 0 radical (unpaired) electrons. The first-order chi connectivity index (χ1) is 7.23. The zero-order valence-electron chi connectivity index (χ0n) is 9.79. The van der Waals surface area contributed by atoms with Crippen molar-refractivity contribution in [2.75, 3.05) is 0 Å². The van der Waals surface area contributed by atoms with E-state index in [1.54, 1.807) is 5.56 Å². The van der Waals surface area contributed by atoms with Crippen LogP contribution in [0.2, 0.25) is 0 Å². The van der Waals surface area contributed by atoms with E-state index in [0.717, 1.165) is 0 Å². The Kier molecular flexibility index (Phi) is 2.95. The number of hydrogen-bond donors (Lipinski definition) is 0. The van der Waals surface area contributed by atoms with Crippen LogP contribution in [0.3, 0.4) is 0 Å². The minimum atomic E-state index is 0.535. The van der Waals surface area contributed by atoms with Crippen LogP contribution in [-0.2, 0) is 5.41 Å². The van der Waals surface area contributed by atoms with Gasteiger partial charge in [-0.2, -0.15) is 0 Å². The van der Waals surface area contributed by atoms with E-state index in [4.69, 9.17) is 0 Å². The van der Waals surface area contributed by atoms with E-state index in [1.807, 2.05) is 0 Å². The number of rotatable bonds is 4. The molecule has 1 aromatic rings. The molecular weight excluding hydrogens is 180 g/mol. The Morgan fingerprint density at radius 1 is 1.20 bits per heavy atom. The summed E-state index contributed by atoms with van der Waals surface area (Å²) < 4.78 is 0. The van der Waals surface area contributed by atoms with E-state index in [-0.39, 0.29) is 0 Å². The van der Waals surface area contributed by atoms with Gasteiger partial charge in [-0.05, 0) is 50.5 Å². The van der Waals surface area contributed by atoms with Crippen molar-refractivity contribution >= 4 is 0 Å². The minimum Gasteiger partial charge on any atom is -0.0859 e. The molecule has 0 spiro atoms. The summed E-state index contributed by atoms with van der Waals surface area (Å²) in [5.41, 5.74) is 3.53. The monoisotopic (exact) mass is 200 g/mol. The Labute approximate surface area is 93.0 Å². The summed E-state index contributed by atoms with van der Waals surface area (Å²) in [4.78, 5) is 0. The van der Waals surface area contributed by atoms with E-state index in [0.29, 0.717) is 5.41 Å². The van der Waals surface area contributed by atoms with Crippen LogP contribution in [0, 0.1) is 0 Å². The van der Waals surface area contributed by atoms with Gasteiger partial charge in [0.2, 0.25) is 0 Å². The van der Waals surface area contributed by atoms with Gasteiger partial charge in [0.25, 0.3) is 0 Å². The Bertz CT molecular complexity index is 338. The molecule has 1 fully saturated rings. The highest BCUT2D eigenvalue weighted by Crippen LogP contribution is 2.51. The third kappa shape index (κ3) is 2.50. The molecule has 2 rings (SSSR count). The van der Waals surface area contributed by atoms with Gasteiger partial charge in [-0.15, -0.1) is 0 Å². The van der Waals surface area contributed by atoms with Crippen molar-refractivity contribution in [2.45, 2.75) is 44.9 Å². The van der Waals surface area contributed by atoms with Crippen LogP contribution in [0.4, 0.5) is 0 Å². The van der Waals surface area contributed by atoms with Gasteiger partial charge in [-0.3, -0.25) is 0 Å². The minimum absolute atomic E-state index is 0.535. The maximum Gasteiger partial charge on any atom is -0.00434 e. The van der Waals surface area contributed by atoms with Gasteiger partial charge in [0.05, 0.1) is 0 Å². The van der Waals surface area contributed by atoms with Gasteiger partial charge in [-0.1, -0.05) is 42.0 Å². The zero-order valence-corrected chi connectivity index (χ0v) is 9.79. The van der Waals surface area contributed by atoms with Gasteiger partial charge in [0, 0.05) is 0 Å². The lowest BCUT2D eigenvalue weighted by molar-refractivity contribution is 0.626. The maximum atomic E-state index is 2.36. The molecule has 0 heterocycles. The molecule has 80 valence electrons. The van der Waals surface area contributed by atoms with E-state index >= 15 is 0 Å². The lowest BCUT2D eigenvalue weighted by atomic mass is 9.91. The molecule has 0 bridgehead atoms. The van der Waals surface area contributed by atoms with E-state index < -0.39 is 0 Å². The maximum absolute atomic E-state index is 2.36. The fourth-order valence-corrected chi connectivity index (χ4v) is 2.26. The third-order valence-corrected chi connectivity index (χ3v) is 3.42. The van der Waals surface area contributed by atoms with Gasteiger partial charge < -0.3 is 0 Å². The van der Waals surface area contributed by atoms with Crippen LogP contribution in [0.15, 0.2) is 42.0 Å². The zero-order chi connectivity index (χ0) is 10.7. The largest absolute Gasteiger partial charge is 0.0859 e. The SMILES string of the molecule is CC(C)=CCCC1(c2ccccc2)CC1. The Hall–Kier alpha value is -1.04. The second-order valence-electron chi connectivity index (χ2n) is 4.97. The average molecular weight is 200 g/mol. The van der Waals surface area contributed by atoms with Crippen molar-refractivity contribution in [3.8, 4) is 0 Å². The standard InChI is InChI=1S/C15H20/c1-13(2)7-6-10-15(11-12-15)14-8-4-3-5-9-14/h3-5,7-9H,6,10-12H2,1-2H3. The number of benzene rings is 1. The fourth-order valence-electron chi connectivity index (χ4n) is 2.26. The molecule has 0 saturated heterocycles. The normalized spacial score (nSPS) is 17.2. The summed E-state index contributed by atoms with van der Waals surface area (Å²) in [5, 5.41) is 0. The first-order valence-electron chi connectivity index (χ1n) is 5.92. The summed E-state index contributed by atoms with van der Waals surface area (Å²) in [6, 6.07) is 11.0. The van der Waals surface area contributed by atoms with Gasteiger partial charge in [0.1, 0.15) is 0 Å². The van der Waals surface area contributed by atoms with Gasteiger partial charge in [-0.25, -0.2) is 0 Å². The molecule has 0 amide bonds. The molecule has 0 N–H and O–H groups in total. The molecule has 0 nitrogen and oxygen atoms in total. The van der Waals surface area contributed by atoms with Crippen LogP contribution >= 0.6 is 0 Å². The molecule has 1 aliphatic carbocycles. The molecule has 1 saturated carbocycles. The predicted octanol–water partition coefficient (Wildman–Crippen LogP) is 4.46. The highest BCUT2D eigenvalue weighted by molar-refractivity contribution is 5.31.